The summed E-state index contributed by atoms with van der Waals surface area (Å²) < 4.78 is 17.6. The van der Waals surface area contributed by atoms with E-state index in [9.17, 15) is 0 Å². The average molecular weight is 1110 g/mol. The molecule has 4 nitrogen and oxygen atoms in total. The van der Waals surface area contributed by atoms with Gasteiger partial charge >= 0.3 is 0 Å². The van der Waals surface area contributed by atoms with Gasteiger partial charge in [-0.25, -0.2) is 0 Å². The van der Waals surface area contributed by atoms with Crippen molar-refractivity contribution in [1.29, 1.82) is 0 Å². The molecule has 0 aliphatic rings. The molecule has 0 unspecified atom stereocenters. The zero-order valence-corrected chi connectivity index (χ0v) is 44.9. The molecule has 5 rings (SSSR count). The second-order valence-corrected chi connectivity index (χ2v) is 16.1. The maximum Gasteiger partial charge on any atom is 0.144 e. The summed E-state index contributed by atoms with van der Waals surface area (Å²) in [4.78, 5) is 0. The number of hydrogen-bond donors (Lipinski definition) is 1. The summed E-state index contributed by atoms with van der Waals surface area (Å²) >= 11 is 25.9. The van der Waals surface area contributed by atoms with Crippen LogP contribution in [0.2, 0.25) is 20.1 Å². The summed E-state index contributed by atoms with van der Waals surface area (Å²) in [7, 11) is 0. The van der Waals surface area contributed by atoms with Crippen molar-refractivity contribution in [1.82, 2.24) is 0 Å². The fraction of sp³-hybridized carbons (Fsp3) is 0.0270. The van der Waals surface area contributed by atoms with Gasteiger partial charge < -0.3 is 19.9 Å². The Hall–Kier alpha value is -12.8. The molecule has 8 heteroatoms. The molecular formula is C74H21Cl4NO3. The molecule has 0 saturated heterocycles. The number of hydrogen-bond acceptors (Lipinski definition) is 4. The molecule has 0 aliphatic heterocycles. The minimum absolute atomic E-state index is 0.0890. The maximum atomic E-state index is 7.34. The van der Waals surface area contributed by atoms with Gasteiger partial charge in [-0.1, -0.05) is 64.6 Å². The first-order chi connectivity index (χ1) is 40.2. The molecule has 5 aromatic rings. The van der Waals surface area contributed by atoms with Crippen LogP contribution in [0, 0.1) is 262 Å². The van der Waals surface area contributed by atoms with Crippen molar-refractivity contribution in [2.24, 2.45) is 5.73 Å². The lowest BCUT2D eigenvalue weighted by atomic mass is 9.77. The largest absolute Gasteiger partial charge is 0.489 e. The first kappa shape index (κ1) is 60.1. The van der Waals surface area contributed by atoms with Crippen molar-refractivity contribution in [3.63, 3.8) is 0 Å². The van der Waals surface area contributed by atoms with E-state index in [4.69, 9.17) is 79.2 Å². The summed E-state index contributed by atoms with van der Waals surface area (Å²) in [5, 5.41) is 3.40. The summed E-state index contributed by atoms with van der Waals surface area (Å²) in [6.07, 6.45) is 15.0. The minimum atomic E-state index is -1.25. The third kappa shape index (κ3) is 22.6. The molecular weight excluding hydrogens is 1090 g/mol. The third-order valence-corrected chi connectivity index (χ3v) is 9.96. The minimum Gasteiger partial charge on any atom is -0.489 e. The molecule has 0 saturated carbocycles. The summed E-state index contributed by atoms with van der Waals surface area (Å²) in [5.41, 5.74) is 8.74. The van der Waals surface area contributed by atoms with Gasteiger partial charge in [0.2, 0.25) is 0 Å². The molecule has 82 heavy (non-hydrogen) atoms. The highest BCUT2D eigenvalue weighted by atomic mass is 35.5. The zero-order chi connectivity index (χ0) is 58.1. The van der Waals surface area contributed by atoms with Crippen molar-refractivity contribution in [2.45, 2.75) is 12.1 Å². The highest BCUT2D eigenvalue weighted by molar-refractivity contribution is 6.35. The summed E-state index contributed by atoms with van der Waals surface area (Å²) in [6.45, 7) is 0.0890. The Labute approximate surface area is 498 Å². The van der Waals surface area contributed by atoms with Crippen LogP contribution < -0.4 is 19.9 Å². The van der Waals surface area contributed by atoms with E-state index in [1.165, 1.54) is 0 Å². The van der Waals surface area contributed by atoms with E-state index < -0.39 is 5.54 Å². The molecule has 0 atom stereocenters. The van der Waals surface area contributed by atoms with Crippen LogP contribution in [0.3, 0.4) is 0 Å². The molecule has 5 aromatic carbocycles. The van der Waals surface area contributed by atoms with Crippen LogP contribution >= 0.6 is 46.4 Å². The van der Waals surface area contributed by atoms with Crippen LogP contribution in [0.1, 0.15) is 22.3 Å². The van der Waals surface area contributed by atoms with E-state index in [2.05, 4.69) is 249 Å². The fourth-order valence-corrected chi connectivity index (χ4v) is 7.03. The highest BCUT2D eigenvalue weighted by Gasteiger charge is 2.33. The lowest BCUT2D eigenvalue weighted by Crippen LogP contribution is -2.39. The Kier molecular flexibility index (Phi) is 26.0. The molecule has 0 radical (unpaired) electrons. The average Bonchev–Trinajstić information content (AvgIpc) is 3.30. The Morgan fingerprint density at radius 2 is 0.622 bits per heavy atom. The van der Waals surface area contributed by atoms with Crippen LogP contribution in [-0.4, -0.2) is 0 Å². The normalized spacial score (nSPS) is 7.60. The van der Waals surface area contributed by atoms with Crippen LogP contribution in [0.5, 0.6) is 17.2 Å². The van der Waals surface area contributed by atoms with E-state index in [1.807, 2.05) is 36.4 Å². The fourth-order valence-electron chi connectivity index (χ4n) is 5.97. The monoisotopic (exact) mass is 1110 g/mol. The summed E-state index contributed by atoms with van der Waals surface area (Å²) in [6, 6.07) is 26.8. The van der Waals surface area contributed by atoms with Crippen LogP contribution in [0.15, 0.2) is 91.0 Å². The maximum absolute atomic E-state index is 7.34. The van der Waals surface area contributed by atoms with Gasteiger partial charge in [-0.05, 0) is 194 Å². The van der Waals surface area contributed by atoms with Gasteiger partial charge in [0.1, 0.15) is 36.1 Å². The Bertz CT molecular complexity index is 4630. The lowest BCUT2D eigenvalue weighted by Gasteiger charge is -2.32. The predicted molar refractivity (Wildman–Crippen MR) is 326 cm³/mol. The molecule has 0 aromatic heterocycles. The van der Waals surface area contributed by atoms with Crippen molar-refractivity contribution >= 4 is 57.2 Å². The van der Waals surface area contributed by atoms with Gasteiger partial charge in [0.15, 0.2) is 0 Å². The van der Waals surface area contributed by atoms with Gasteiger partial charge in [0.25, 0.3) is 0 Å². The van der Waals surface area contributed by atoms with E-state index in [1.54, 1.807) is 54.6 Å². The van der Waals surface area contributed by atoms with Gasteiger partial charge in [0.05, 0.1) is 5.54 Å². The molecule has 0 bridgehead atoms. The smallest absolute Gasteiger partial charge is 0.144 e. The lowest BCUT2D eigenvalue weighted by molar-refractivity contribution is 0.305. The third-order valence-electron chi connectivity index (χ3n) is 9.08. The van der Waals surface area contributed by atoms with Crippen molar-refractivity contribution in [3.05, 3.63) is 133 Å². The van der Waals surface area contributed by atoms with Crippen LogP contribution in [0.4, 0.5) is 0 Å². The summed E-state index contributed by atoms with van der Waals surface area (Å²) in [5.74, 6) is 101. The van der Waals surface area contributed by atoms with Crippen LogP contribution in [-0.2, 0) is 12.1 Å². The second-order valence-electron chi connectivity index (χ2n) is 14.4. The number of fused-ring (bicyclic) bond motifs is 1. The van der Waals surface area contributed by atoms with Gasteiger partial charge in [0, 0.05) is 168 Å². The molecule has 0 heterocycles. The number of benzene rings is 5. The predicted octanol–water partition coefficient (Wildman–Crippen LogP) is 9.29. The van der Waals surface area contributed by atoms with Crippen molar-refractivity contribution < 1.29 is 14.2 Å². The molecule has 0 aliphatic carbocycles. The quantitative estimate of drug-likeness (QED) is 0.125. The van der Waals surface area contributed by atoms with E-state index in [0.29, 0.717) is 54.0 Å². The first-order valence-corrected chi connectivity index (χ1v) is 24.0. The number of nitrogens with two attached hydrogens (primary N) is 1. The zero-order valence-electron chi connectivity index (χ0n) is 41.8. The SMILES string of the molecule is C#CC#CC#CC#CC#CC#CC#CC#CC#CC#CC#COc1cc(COc2ccc3cc(C(N)(c4cc(Cl)cc(Cl)c4)c4cc(Cl)cc(Cl)c4)ccc3c2)cc(OC#CC#CC#CC#CC#CC#CC#CC#CC#CC#CC#C)c1. The molecule has 2 N–H and O–H groups in total. The van der Waals surface area contributed by atoms with Crippen molar-refractivity contribution in [3.8, 4) is 279 Å². The highest BCUT2D eigenvalue weighted by Crippen LogP contribution is 2.40. The Morgan fingerprint density at radius 1 is 0.317 bits per heavy atom. The Balaban J connectivity index is 1.30. The Morgan fingerprint density at radius 3 is 0.963 bits per heavy atom. The molecule has 0 spiro atoms. The second kappa shape index (κ2) is 35.5. The van der Waals surface area contributed by atoms with Gasteiger partial charge in [-0.3, -0.25) is 0 Å². The van der Waals surface area contributed by atoms with Crippen molar-refractivity contribution in [2.75, 3.05) is 0 Å². The molecule has 368 valence electrons. The number of terminal acetylenes is 2. The van der Waals surface area contributed by atoms with Gasteiger partial charge in [-0.2, -0.15) is 0 Å². The number of halogens is 4. The molecule has 0 fully saturated rings. The standard InChI is InChI=1S/C74H21Cl4NO3/c1-3-5-7-9-11-13-15-17-19-21-23-25-27-29-31-33-35-37-39-41-47-80-72-49-61(50-73(59-72)81-48-42-40-38-36-34-32-30-28-26-24-22-20-18-16-14-12-10-8-6-4-2)60-82-71-46-44-62-51-64(45-43-63(62)52-71)74(79,65-53-67(75)57-68(76)54-65)66-55-69(77)58-70(78)56-66/h1-2,43-46,49-59H,60,79H2. The number of rotatable bonds is 8. The topological polar surface area (TPSA) is 53.7 Å². The number of ether oxygens (including phenoxy) is 3. The van der Waals surface area contributed by atoms with Crippen LogP contribution in [0.25, 0.3) is 10.8 Å². The molecule has 0 amide bonds. The first-order valence-electron chi connectivity index (χ1n) is 22.5. The van der Waals surface area contributed by atoms with E-state index in [0.717, 1.165) is 16.3 Å². The van der Waals surface area contributed by atoms with Gasteiger partial charge in [-0.15, -0.1) is 12.8 Å². The van der Waals surface area contributed by atoms with E-state index >= 15 is 0 Å². The van der Waals surface area contributed by atoms with E-state index in [-0.39, 0.29) is 6.61 Å².